The molecule has 0 fully saturated rings. The van der Waals surface area contributed by atoms with Crippen molar-refractivity contribution in [3.63, 3.8) is 0 Å². The number of benzene rings is 1. The molecule has 0 radical (unpaired) electrons. The molecular formula is C29H28N2O6. The Labute approximate surface area is 214 Å². The molecule has 0 bridgehead atoms. The quantitative estimate of drug-likeness (QED) is 0.404. The van der Waals surface area contributed by atoms with E-state index in [1.54, 1.807) is 40.7 Å². The number of ether oxygens (including phenoxy) is 2. The molecule has 2 N–H and O–H groups in total. The van der Waals surface area contributed by atoms with Crippen LogP contribution in [0.5, 0.6) is 0 Å². The standard InChI is InChI=1S/C29H28N2O6/c1-7-18-9-11-19(12-10-18)13-37-29(35)21-15(4)25(31-17(21)6)23-26(32)22(27(23)33)24-14(3)20(16(5)30-24)28(34)36-8-2/h7,9-12,30,32H,1,8,13H2,2-6H3/b25-23+. The summed E-state index contributed by atoms with van der Waals surface area (Å²) >= 11 is 0. The van der Waals surface area contributed by atoms with Gasteiger partial charge in [-0.3, -0.25) is 9.79 Å². The maximum Gasteiger partial charge on any atom is 0.340 e. The number of hydrogen-bond donors (Lipinski definition) is 2. The number of aromatic amines is 1. The van der Waals surface area contributed by atoms with Gasteiger partial charge < -0.3 is 19.6 Å². The van der Waals surface area contributed by atoms with Crippen LogP contribution < -0.4 is 0 Å². The van der Waals surface area contributed by atoms with Crippen LogP contribution in [0.2, 0.25) is 0 Å². The Balaban J connectivity index is 1.63. The minimum atomic E-state index is -0.562. The summed E-state index contributed by atoms with van der Waals surface area (Å²) in [5.41, 5.74) is 4.96. The molecule has 2 aliphatic rings. The highest BCUT2D eigenvalue weighted by Crippen LogP contribution is 2.43. The van der Waals surface area contributed by atoms with Gasteiger partial charge in [0.1, 0.15) is 12.4 Å². The molecule has 4 rings (SSSR count). The number of aliphatic hydroxyl groups is 1. The number of aromatic nitrogens is 1. The van der Waals surface area contributed by atoms with E-state index in [-0.39, 0.29) is 41.4 Å². The molecule has 1 aromatic heterocycles. The average Bonchev–Trinajstić information content (AvgIpc) is 3.31. The number of carbonyl (C=O) groups excluding carboxylic acids is 3. The fourth-order valence-corrected chi connectivity index (χ4v) is 4.58. The lowest BCUT2D eigenvalue weighted by molar-refractivity contribution is -0.139. The fourth-order valence-electron chi connectivity index (χ4n) is 4.58. The Morgan fingerprint density at radius 1 is 1.05 bits per heavy atom. The minimum Gasteiger partial charge on any atom is -0.506 e. The van der Waals surface area contributed by atoms with Crippen molar-refractivity contribution in [1.29, 1.82) is 0 Å². The number of Topliss-reactive ketones (excluding diaryl/α,β-unsaturated/α-hetero) is 1. The zero-order valence-electron chi connectivity index (χ0n) is 21.4. The van der Waals surface area contributed by atoms with Gasteiger partial charge in [-0.25, -0.2) is 9.59 Å². The Kier molecular flexibility index (Phi) is 6.85. The van der Waals surface area contributed by atoms with Crippen LogP contribution in [-0.4, -0.2) is 40.1 Å². The van der Waals surface area contributed by atoms with Crippen molar-refractivity contribution in [2.75, 3.05) is 6.61 Å². The van der Waals surface area contributed by atoms with Crippen molar-refractivity contribution in [2.24, 2.45) is 4.99 Å². The summed E-state index contributed by atoms with van der Waals surface area (Å²) in [4.78, 5) is 45.8. The van der Waals surface area contributed by atoms with Crippen LogP contribution >= 0.6 is 0 Å². The number of aryl methyl sites for hydroxylation is 1. The molecule has 0 spiro atoms. The molecule has 1 aliphatic carbocycles. The molecule has 190 valence electrons. The van der Waals surface area contributed by atoms with Gasteiger partial charge >= 0.3 is 11.9 Å². The van der Waals surface area contributed by atoms with Gasteiger partial charge in [0, 0.05) is 5.69 Å². The summed E-state index contributed by atoms with van der Waals surface area (Å²) in [6, 6.07) is 7.46. The Morgan fingerprint density at radius 3 is 2.32 bits per heavy atom. The third kappa shape index (κ3) is 4.35. The van der Waals surface area contributed by atoms with Gasteiger partial charge in [0.25, 0.3) is 0 Å². The molecule has 0 saturated carbocycles. The highest BCUT2D eigenvalue weighted by atomic mass is 16.5. The maximum absolute atomic E-state index is 13.2. The van der Waals surface area contributed by atoms with Gasteiger partial charge in [0.2, 0.25) is 5.78 Å². The lowest BCUT2D eigenvalue weighted by atomic mass is 9.82. The Bertz CT molecular complexity index is 1480. The normalized spacial score (nSPS) is 17.1. The summed E-state index contributed by atoms with van der Waals surface area (Å²) in [6.07, 6.45) is 1.73. The number of esters is 2. The average molecular weight is 501 g/mol. The summed E-state index contributed by atoms with van der Waals surface area (Å²) in [6.45, 7) is 12.4. The van der Waals surface area contributed by atoms with E-state index in [0.29, 0.717) is 33.8 Å². The van der Waals surface area contributed by atoms with Gasteiger partial charge in [-0.05, 0) is 56.9 Å². The van der Waals surface area contributed by atoms with Crippen LogP contribution in [0.4, 0.5) is 0 Å². The lowest BCUT2D eigenvalue weighted by Crippen LogP contribution is -2.23. The molecule has 1 aromatic carbocycles. The molecule has 2 heterocycles. The zero-order chi connectivity index (χ0) is 27.0. The van der Waals surface area contributed by atoms with E-state index in [1.807, 2.05) is 24.3 Å². The summed E-state index contributed by atoms with van der Waals surface area (Å²) in [5.74, 6) is -1.74. The number of aliphatic hydroxyl groups excluding tert-OH is 1. The van der Waals surface area contributed by atoms with E-state index in [2.05, 4.69) is 16.6 Å². The number of nitrogens with one attached hydrogen (secondary N) is 1. The van der Waals surface area contributed by atoms with Gasteiger partial charge in [0.05, 0.1) is 46.0 Å². The van der Waals surface area contributed by atoms with Crippen LogP contribution in [0.3, 0.4) is 0 Å². The SMILES string of the molecule is C=Cc1ccc(COC(=O)C2=C(C)/C(=C3\C(=O)C(c4[nH]c(C)c(C(=O)OCC)c4C)=C3O)N=C2C)cc1. The molecule has 2 aromatic rings. The summed E-state index contributed by atoms with van der Waals surface area (Å²) < 4.78 is 10.6. The van der Waals surface area contributed by atoms with Gasteiger partial charge in [-0.2, -0.15) is 0 Å². The Hall–Kier alpha value is -4.46. The van der Waals surface area contributed by atoms with E-state index >= 15 is 0 Å². The van der Waals surface area contributed by atoms with Gasteiger partial charge in [-0.1, -0.05) is 36.9 Å². The van der Waals surface area contributed by atoms with Crippen molar-refractivity contribution in [2.45, 2.75) is 41.2 Å². The number of rotatable bonds is 7. The first kappa shape index (κ1) is 25.6. The van der Waals surface area contributed by atoms with Crippen LogP contribution in [0, 0.1) is 13.8 Å². The van der Waals surface area contributed by atoms with E-state index in [4.69, 9.17) is 9.47 Å². The van der Waals surface area contributed by atoms with Crippen molar-refractivity contribution in [3.05, 3.63) is 92.7 Å². The van der Waals surface area contributed by atoms with E-state index in [9.17, 15) is 19.5 Å². The summed E-state index contributed by atoms with van der Waals surface area (Å²) in [5, 5.41) is 10.9. The largest absolute Gasteiger partial charge is 0.506 e. The van der Waals surface area contributed by atoms with Gasteiger partial charge in [-0.15, -0.1) is 0 Å². The van der Waals surface area contributed by atoms with Crippen molar-refractivity contribution < 1.29 is 29.0 Å². The predicted octanol–water partition coefficient (Wildman–Crippen LogP) is 5.09. The second-order valence-corrected chi connectivity index (χ2v) is 8.84. The second kappa shape index (κ2) is 9.89. The fraction of sp³-hybridized carbons (Fsp3) is 0.241. The van der Waals surface area contributed by atoms with Crippen molar-refractivity contribution >= 4 is 35.1 Å². The first-order valence-electron chi connectivity index (χ1n) is 11.8. The third-order valence-corrected chi connectivity index (χ3v) is 6.49. The number of carbonyl (C=O) groups is 3. The number of aliphatic imine (C=N–C) groups is 1. The number of hydrogen-bond acceptors (Lipinski definition) is 7. The molecule has 1 aliphatic heterocycles. The predicted molar refractivity (Wildman–Crippen MR) is 140 cm³/mol. The molecule has 0 unspecified atom stereocenters. The van der Waals surface area contributed by atoms with E-state index in [0.717, 1.165) is 11.1 Å². The minimum absolute atomic E-state index is 0.0269. The zero-order valence-corrected chi connectivity index (χ0v) is 21.4. The molecule has 0 saturated heterocycles. The summed E-state index contributed by atoms with van der Waals surface area (Å²) in [7, 11) is 0. The number of ketones is 1. The van der Waals surface area contributed by atoms with E-state index < -0.39 is 17.7 Å². The maximum atomic E-state index is 13.2. The topological polar surface area (TPSA) is 118 Å². The van der Waals surface area contributed by atoms with E-state index in [1.165, 1.54) is 0 Å². The van der Waals surface area contributed by atoms with Crippen LogP contribution in [0.1, 0.15) is 59.2 Å². The van der Waals surface area contributed by atoms with Crippen LogP contribution in [0.25, 0.3) is 11.6 Å². The van der Waals surface area contributed by atoms with Gasteiger partial charge in [0.15, 0.2) is 0 Å². The number of allylic oxidation sites excluding steroid dienone is 3. The lowest BCUT2D eigenvalue weighted by Gasteiger charge is -2.22. The molecule has 8 nitrogen and oxygen atoms in total. The number of H-pyrrole nitrogens is 1. The highest BCUT2D eigenvalue weighted by Gasteiger charge is 2.42. The van der Waals surface area contributed by atoms with Crippen molar-refractivity contribution in [3.8, 4) is 0 Å². The van der Waals surface area contributed by atoms with Crippen LogP contribution in [0.15, 0.2) is 64.0 Å². The Morgan fingerprint density at radius 2 is 1.73 bits per heavy atom. The molecule has 37 heavy (non-hydrogen) atoms. The first-order valence-corrected chi connectivity index (χ1v) is 11.8. The second-order valence-electron chi connectivity index (χ2n) is 8.84. The highest BCUT2D eigenvalue weighted by molar-refractivity contribution is 6.40. The smallest absolute Gasteiger partial charge is 0.340 e. The molecule has 0 atom stereocenters. The molecular weight excluding hydrogens is 472 g/mol. The first-order chi connectivity index (χ1) is 17.6. The van der Waals surface area contributed by atoms with Crippen molar-refractivity contribution in [1.82, 2.24) is 4.98 Å². The monoisotopic (exact) mass is 500 g/mol. The third-order valence-electron chi connectivity index (χ3n) is 6.49. The number of nitrogens with zero attached hydrogens (tertiary/aromatic N) is 1. The van der Waals surface area contributed by atoms with Crippen LogP contribution in [-0.2, 0) is 25.7 Å². The molecule has 8 heteroatoms. The molecule has 0 amide bonds.